The van der Waals surface area contributed by atoms with E-state index in [0.717, 1.165) is 38.0 Å². The summed E-state index contributed by atoms with van der Waals surface area (Å²) in [4.78, 5) is 46.4. The fourth-order valence-electron chi connectivity index (χ4n) is 5.05. The van der Waals surface area contributed by atoms with Crippen LogP contribution in [0.15, 0.2) is 30.3 Å². The Morgan fingerprint density at radius 1 is 0.933 bits per heavy atom. The number of amides is 3. The van der Waals surface area contributed by atoms with E-state index in [0.29, 0.717) is 39.0 Å². The highest BCUT2D eigenvalue weighted by Crippen LogP contribution is 2.39. The Hall–Kier alpha value is -2.57. The first-order chi connectivity index (χ1) is 14.5. The molecule has 1 spiro atoms. The lowest BCUT2D eigenvalue weighted by atomic mass is 9.85. The number of likely N-dealkylation sites (tertiary alicyclic amines) is 2. The fourth-order valence-corrected chi connectivity index (χ4v) is 5.05. The van der Waals surface area contributed by atoms with Crippen molar-refractivity contribution >= 4 is 23.4 Å². The monoisotopic (exact) mass is 412 g/mol. The van der Waals surface area contributed by atoms with Gasteiger partial charge in [0.05, 0.1) is 6.67 Å². The quantitative estimate of drug-likeness (QED) is 0.743. The second-order valence-electron chi connectivity index (χ2n) is 8.66. The highest BCUT2D eigenvalue weighted by atomic mass is 16.2. The maximum absolute atomic E-state index is 13.6. The minimum absolute atomic E-state index is 0.0292. The van der Waals surface area contributed by atoms with Gasteiger partial charge in [0.15, 0.2) is 0 Å². The number of anilines is 1. The van der Waals surface area contributed by atoms with Gasteiger partial charge in [0.25, 0.3) is 5.91 Å². The molecule has 0 aliphatic carbocycles. The Morgan fingerprint density at radius 3 is 2.20 bits per heavy atom. The average molecular weight is 413 g/mol. The number of carbonyl (C=O) groups is 3. The number of benzene rings is 1. The van der Waals surface area contributed by atoms with Gasteiger partial charge in [0, 0.05) is 38.3 Å². The first-order valence-corrected chi connectivity index (χ1v) is 11.2. The van der Waals surface area contributed by atoms with Gasteiger partial charge in [-0.15, -0.1) is 0 Å². The van der Waals surface area contributed by atoms with Crippen molar-refractivity contribution < 1.29 is 14.4 Å². The maximum Gasteiger partial charge on any atom is 0.250 e. The molecule has 1 aromatic rings. The molecule has 0 unspecified atom stereocenters. The molecule has 1 aromatic carbocycles. The van der Waals surface area contributed by atoms with Crippen LogP contribution in [-0.2, 0) is 14.4 Å². The van der Waals surface area contributed by atoms with E-state index < -0.39 is 5.54 Å². The fraction of sp³-hybridized carbons (Fsp3) is 0.609. The zero-order chi connectivity index (χ0) is 21.1. The number of nitrogens with zero attached hydrogens (tertiary/aromatic N) is 4. The smallest absolute Gasteiger partial charge is 0.250 e. The number of rotatable bonds is 5. The summed E-state index contributed by atoms with van der Waals surface area (Å²) in [6.45, 7) is 5.33. The van der Waals surface area contributed by atoms with Crippen LogP contribution in [-0.4, -0.2) is 77.4 Å². The van der Waals surface area contributed by atoms with Gasteiger partial charge in [0.1, 0.15) is 12.1 Å². The summed E-state index contributed by atoms with van der Waals surface area (Å²) in [6, 6.07) is 9.97. The van der Waals surface area contributed by atoms with Gasteiger partial charge in [-0.25, -0.2) is 0 Å². The Kier molecular flexibility index (Phi) is 5.97. The standard InChI is InChI=1S/C23H32N4O3/c1-2-8-20(28)25-15-11-23(12-16-25)22(30)26(17-21(29)24-13-6-7-14-24)18-27(23)19-9-4-3-5-10-19/h3-5,9-10H,2,6-8,11-18H2,1H3. The van der Waals surface area contributed by atoms with Crippen molar-refractivity contribution in [3.63, 3.8) is 0 Å². The summed E-state index contributed by atoms with van der Waals surface area (Å²) < 4.78 is 0. The first-order valence-electron chi connectivity index (χ1n) is 11.2. The summed E-state index contributed by atoms with van der Waals surface area (Å²) in [5, 5.41) is 0. The highest BCUT2D eigenvalue weighted by Gasteiger charge is 2.54. The van der Waals surface area contributed by atoms with Crippen LogP contribution in [0.5, 0.6) is 0 Å². The molecule has 4 rings (SSSR count). The van der Waals surface area contributed by atoms with Gasteiger partial charge in [-0.3, -0.25) is 14.4 Å². The number of piperidine rings is 1. The van der Waals surface area contributed by atoms with Crippen LogP contribution in [0.1, 0.15) is 45.4 Å². The van der Waals surface area contributed by atoms with E-state index in [1.807, 2.05) is 47.1 Å². The largest absolute Gasteiger partial charge is 0.342 e. The molecular formula is C23H32N4O3. The summed E-state index contributed by atoms with van der Waals surface area (Å²) in [5.41, 5.74) is 0.325. The molecule has 30 heavy (non-hydrogen) atoms. The predicted octanol–water partition coefficient (Wildman–Crippen LogP) is 2.08. The van der Waals surface area contributed by atoms with E-state index in [-0.39, 0.29) is 24.3 Å². The molecule has 7 heteroatoms. The molecule has 7 nitrogen and oxygen atoms in total. The van der Waals surface area contributed by atoms with Gasteiger partial charge in [-0.05, 0) is 44.2 Å². The highest BCUT2D eigenvalue weighted by molar-refractivity contribution is 5.96. The van der Waals surface area contributed by atoms with Gasteiger partial charge in [-0.1, -0.05) is 25.1 Å². The van der Waals surface area contributed by atoms with Crippen LogP contribution < -0.4 is 4.90 Å². The van der Waals surface area contributed by atoms with Crippen LogP contribution >= 0.6 is 0 Å². The zero-order valence-corrected chi connectivity index (χ0v) is 17.9. The van der Waals surface area contributed by atoms with Crippen LogP contribution in [0.2, 0.25) is 0 Å². The van der Waals surface area contributed by atoms with Crippen molar-refractivity contribution in [1.82, 2.24) is 14.7 Å². The van der Waals surface area contributed by atoms with Gasteiger partial charge in [0.2, 0.25) is 11.8 Å². The van der Waals surface area contributed by atoms with Gasteiger partial charge in [-0.2, -0.15) is 0 Å². The number of hydrogen-bond acceptors (Lipinski definition) is 4. The van der Waals surface area contributed by atoms with Crippen LogP contribution in [0.4, 0.5) is 5.69 Å². The van der Waals surface area contributed by atoms with Crippen LogP contribution in [0.25, 0.3) is 0 Å². The molecule has 0 saturated carbocycles. The molecule has 3 heterocycles. The molecule has 3 fully saturated rings. The Bertz CT molecular complexity index is 783. The van der Waals surface area contributed by atoms with Crippen molar-refractivity contribution in [2.75, 3.05) is 44.3 Å². The van der Waals surface area contributed by atoms with Crippen molar-refractivity contribution in [2.24, 2.45) is 0 Å². The lowest BCUT2D eigenvalue weighted by Crippen LogP contribution is -2.57. The third-order valence-corrected chi connectivity index (χ3v) is 6.77. The molecule has 3 aliphatic rings. The lowest BCUT2D eigenvalue weighted by Gasteiger charge is -2.43. The Balaban J connectivity index is 1.54. The Morgan fingerprint density at radius 2 is 1.57 bits per heavy atom. The molecular weight excluding hydrogens is 380 g/mol. The Labute approximate surface area is 178 Å². The third-order valence-electron chi connectivity index (χ3n) is 6.77. The van der Waals surface area contributed by atoms with Crippen LogP contribution in [0.3, 0.4) is 0 Å². The number of hydrogen-bond donors (Lipinski definition) is 0. The lowest BCUT2D eigenvalue weighted by molar-refractivity contribution is -0.141. The average Bonchev–Trinajstić information content (AvgIpc) is 3.39. The van der Waals surface area contributed by atoms with E-state index >= 15 is 0 Å². The van der Waals surface area contributed by atoms with E-state index in [2.05, 4.69) is 4.90 Å². The molecule has 0 atom stereocenters. The topological polar surface area (TPSA) is 64.2 Å². The molecule has 0 aromatic heterocycles. The molecule has 162 valence electrons. The molecule has 0 N–H and O–H groups in total. The summed E-state index contributed by atoms with van der Waals surface area (Å²) >= 11 is 0. The zero-order valence-electron chi connectivity index (χ0n) is 17.9. The van der Waals surface area contributed by atoms with Crippen molar-refractivity contribution in [3.05, 3.63) is 30.3 Å². The summed E-state index contributed by atoms with van der Waals surface area (Å²) in [7, 11) is 0. The predicted molar refractivity (Wildman–Crippen MR) is 115 cm³/mol. The molecule has 3 amide bonds. The third kappa shape index (κ3) is 3.77. The van der Waals surface area contributed by atoms with Crippen molar-refractivity contribution in [3.8, 4) is 0 Å². The van der Waals surface area contributed by atoms with Gasteiger partial charge >= 0.3 is 0 Å². The summed E-state index contributed by atoms with van der Waals surface area (Å²) in [5.74, 6) is 0.244. The van der Waals surface area contributed by atoms with E-state index in [9.17, 15) is 14.4 Å². The van der Waals surface area contributed by atoms with E-state index in [1.54, 1.807) is 4.90 Å². The first kappa shape index (κ1) is 20.7. The normalized spacial score (nSPS) is 21.0. The number of carbonyl (C=O) groups excluding carboxylic acids is 3. The minimum atomic E-state index is -0.671. The van der Waals surface area contributed by atoms with Crippen molar-refractivity contribution in [1.29, 1.82) is 0 Å². The molecule has 0 radical (unpaired) electrons. The minimum Gasteiger partial charge on any atom is -0.342 e. The summed E-state index contributed by atoms with van der Waals surface area (Å²) in [6.07, 6.45) is 4.68. The number of para-hydroxylation sites is 1. The SMILES string of the molecule is CCCC(=O)N1CCC2(CC1)C(=O)N(CC(=O)N1CCCC1)CN2c1ccccc1. The van der Waals surface area contributed by atoms with Gasteiger partial charge < -0.3 is 19.6 Å². The molecule has 3 aliphatic heterocycles. The molecule has 3 saturated heterocycles. The maximum atomic E-state index is 13.6. The van der Waals surface area contributed by atoms with Crippen LogP contribution in [0, 0.1) is 0 Å². The second-order valence-corrected chi connectivity index (χ2v) is 8.66. The van der Waals surface area contributed by atoms with E-state index in [4.69, 9.17) is 0 Å². The molecule has 0 bridgehead atoms. The van der Waals surface area contributed by atoms with E-state index in [1.165, 1.54) is 0 Å². The van der Waals surface area contributed by atoms with Crippen molar-refractivity contribution in [2.45, 2.75) is 51.0 Å². The second kappa shape index (κ2) is 8.66.